The lowest BCUT2D eigenvalue weighted by Gasteiger charge is -2.04. The summed E-state index contributed by atoms with van der Waals surface area (Å²) < 4.78 is 5.24. The van der Waals surface area contributed by atoms with Gasteiger partial charge in [-0.1, -0.05) is 17.3 Å². The minimum atomic E-state index is 0.518. The SMILES string of the molecule is c1cc(CNCc2noc(C3CC3)n2)c2cc[nH]c2c1. The summed E-state index contributed by atoms with van der Waals surface area (Å²) >= 11 is 0. The first-order valence-electron chi connectivity index (χ1n) is 6.98. The lowest BCUT2D eigenvalue weighted by atomic mass is 10.1. The second kappa shape index (κ2) is 4.76. The summed E-state index contributed by atoms with van der Waals surface area (Å²) in [5, 5.41) is 8.64. The number of nitrogens with zero attached hydrogens (tertiary/aromatic N) is 2. The van der Waals surface area contributed by atoms with Gasteiger partial charge in [-0.15, -0.1) is 0 Å². The number of fused-ring (bicyclic) bond motifs is 1. The molecule has 3 aromatic rings. The number of H-pyrrole nitrogens is 1. The van der Waals surface area contributed by atoms with Gasteiger partial charge in [-0.05, 0) is 30.5 Å². The van der Waals surface area contributed by atoms with Gasteiger partial charge in [0.15, 0.2) is 5.82 Å². The van der Waals surface area contributed by atoms with Crippen molar-refractivity contribution in [2.24, 2.45) is 0 Å². The van der Waals surface area contributed by atoms with Gasteiger partial charge < -0.3 is 14.8 Å². The number of rotatable bonds is 5. The van der Waals surface area contributed by atoms with E-state index in [1.54, 1.807) is 0 Å². The van der Waals surface area contributed by atoms with Crippen molar-refractivity contribution < 1.29 is 4.52 Å². The van der Waals surface area contributed by atoms with E-state index in [1.807, 2.05) is 6.20 Å². The smallest absolute Gasteiger partial charge is 0.229 e. The molecule has 2 aromatic heterocycles. The van der Waals surface area contributed by atoms with E-state index >= 15 is 0 Å². The van der Waals surface area contributed by atoms with Crippen LogP contribution < -0.4 is 5.32 Å². The fraction of sp³-hybridized carbons (Fsp3) is 0.333. The van der Waals surface area contributed by atoms with Crippen LogP contribution in [-0.4, -0.2) is 15.1 Å². The topological polar surface area (TPSA) is 66.7 Å². The van der Waals surface area contributed by atoms with Gasteiger partial charge >= 0.3 is 0 Å². The second-order valence-electron chi connectivity index (χ2n) is 5.28. The van der Waals surface area contributed by atoms with E-state index in [9.17, 15) is 0 Å². The van der Waals surface area contributed by atoms with E-state index < -0.39 is 0 Å². The highest BCUT2D eigenvalue weighted by Gasteiger charge is 2.29. The van der Waals surface area contributed by atoms with Gasteiger partial charge in [-0.25, -0.2) is 0 Å². The van der Waals surface area contributed by atoms with E-state index in [1.165, 1.54) is 29.3 Å². The Morgan fingerprint density at radius 1 is 1.25 bits per heavy atom. The van der Waals surface area contributed by atoms with Gasteiger partial charge in [0.25, 0.3) is 0 Å². The Balaban J connectivity index is 1.41. The average molecular weight is 268 g/mol. The largest absolute Gasteiger partial charge is 0.361 e. The third-order valence-corrected chi connectivity index (χ3v) is 3.69. The van der Waals surface area contributed by atoms with Crippen molar-refractivity contribution in [1.82, 2.24) is 20.4 Å². The van der Waals surface area contributed by atoms with Crippen molar-refractivity contribution in [3.05, 3.63) is 47.7 Å². The first-order chi connectivity index (χ1) is 9.90. The monoisotopic (exact) mass is 268 g/mol. The van der Waals surface area contributed by atoms with Crippen LogP contribution in [0.4, 0.5) is 0 Å². The van der Waals surface area contributed by atoms with Crippen molar-refractivity contribution in [1.29, 1.82) is 0 Å². The van der Waals surface area contributed by atoms with Gasteiger partial charge in [-0.2, -0.15) is 4.98 Å². The van der Waals surface area contributed by atoms with E-state index in [-0.39, 0.29) is 0 Å². The molecule has 5 nitrogen and oxygen atoms in total. The number of aromatic nitrogens is 3. The number of benzene rings is 1. The Hall–Kier alpha value is -2.14. The maximum Gasteiger partial charge on any atom is 0.229 e. The summed E-state index contributed by atoms with van der Waals surface area (Å²) in [6.45, 7) is 1.43. The molecule has 1 aromatic carbocycles. The highest BCUT2D eigenvalue weighted by atomic mass is 16.5. The summed E-state index contributed by atoms with van der Waals surface area (Å²) in [5.74, 6) is 2.06. The Kier molecular flexibility index (Phi) is 2.77. The van der Waals surface area contributed by atoms with E-state index in [2.05, 4.69) is 44.7 Å². The van der Waals surface area contributed by atoms with Crippen LogP contribution >= 0.6 is 0 Å². The molecule has 1 fully saturated rings. The molecule has 0 spiro atoms. The lowest BCUT2D eigenvalue weighted by molar-refractivity contribution is 0.372. The molecule has 1 aliphatic rings. The predicted molar refractivity (Wildman–Crippen MR) is 75.1 cm³/mol. The van der Waals surface area contributed by atoms with Crippen LogP contribution in [0.2, 0.25) is 0 Å². The van der Waals surface area contributed by atoms with Crippen molar-refractivity contribution >= 4 is 10.9 Å². The lowest BCUT2D eigenvalue weighted by Crippen LogP contribution is -2.13. The summed E-state index contributed by atoms with van der Waals surface area (Å²) in [5.41, 5.74) is 2.44. The van der Waals surface area contributed by atoms with Crippen molar-refractivity contribution in [3.63, 3.8) is 0 Å². The molecule has 0 amide bonds. The summed E-state index contributed by atoms with van der Waals surface area (Å²) in [4.78, 5) is 7.63. The van der Waals surface area contributed by atoms with Crippen LogP contribution in [0, 0.1) is 0 Å². The number of nitrogens with one attached hydrogen (secondary N) is 2. The zero-order valence-corrected chi connectivity index (χ0v) is 11.1. The van der Waals surface area contributed by atoms with Crippen LogP contribution in [0.1, 0.15) is 36.0 Å². The maximum absolute atomic E-state index is 5.24. The summed E-state index contributed by atoms with van der Waals surface area (Å²) in [6, 6.07) is 8.39. The molecule has 0 aliphatic heterocycles. The molecule has 0 unspecified atom stereocenters. The molecule has 2 N–H and O–H groups in total. The molecule has 1 saturated carbocycles. The molecule has 1 aliphatic carbocycles. The fourth-order valence-electron chi connectivity index (χ4n) is 2.45. The normalized spacial score (nSPS) is 15.0. The minimum Gasteiger partial charge on any atom is -0.361 e. The van der Waals surface area contributed by atoms with Crippen molar-refractivity contribution in [2.75, 3.05) is 0 Å². The molecule has 5 heteroatoms. The predicted octanol–water partition coefficient (Wildman–Crippen LogP) is 2.72. The van der Waals surface area contributed by atoms with Crippen molar-refractivity contribution in [3.8, 4) is 0 Å². The molecule has 20 heavy (non-hydrogen) atoms. The zero-order valence-electron chi connectivity index (χ0n) is 11.1. The Morgan fingerprint density at radius 2 is 2.20 bits per heavy atom. The van der Waals surface area contributed by atoms with Crippen LogP contribution in [-0.2, 0) is 13.1 Å². The van der Waals surface area contributed by atoms with Crippen LogP contribution in [0.3, 0.4) is 0 Å². The molecule has 0 radical (unpaired) electrons. The fourth-order valence-corrected chi connectivity index (χ4v) is 2.45. The van der Waals surface area contributed by atoms with Crippen molar-refractivity contribution in [2.45, 2.75) is 31.8 Å². The third-order valence-electron chi connectivity index (χ3n) is 3.69. The second-order valence-corrected chi connectivity index (χ2v) is 5.28. The van der Waals surface area contributed by atoms with Gasteiger partial charge in [0.2, 0.25) is 5.89 Å². The molecule has 0 bridgehead atoms. The molecule has 0 saturated heterocycles. The van der Waals surface area contributed by atoms with Crippen LogP contribution in [0.5, 0.6) is 0 Å². The summed E-state index contributed by atoms with van der Waals surface area (Å²) in [6.07, 6.45) is 4.34. The van der Waals surface area contributed by atoms with E-state index in [4.69, 9.17) is 4.52 Å². The van der Waals surface area contributed by atoms with Crippen LogP contribution in [0.25, 0.3) is 10.9 Å². The first-order valence-corrected chi connectivity index (χ1v) is 6.98. The molecule has 2 heterocycles. The van der Waals surface area contributed by atoms with E-state index in [0.29, 0.717) is 12.5 Å². The summed E-state index contributed by atoms with van der Waals surface area (Å²) in [7, 11) is 0. The molecular weight excluding hydrogens is 252 g/mol. The number of hydrogen-bond acceptors (Lipinski definition) is 4. The molecule has 4 rings (SSSR count). The Morgan fingerprint density at radius 3 is 3.10 bits per heavy atom. The average Bonchev–Trinajstić information content (AvgIpc) is 3.01. The van der Waals surface area contributed by atoms with Gasteiger partial charge in [0.05, 0.1) is 6.54 Å². The highest BCUT2D eigenvalue weighted by molar-refractivity contribution is 5.82. The first kappa shape index (κ1) is 11.7. The molecule has 102 valence electrons. The minimum absolute atomic E-state index is 0.518. The van der Waals surface area contributed by atoms with Gasteiger partial charge in [-0.3, -0.25) is 0 Å². The Bertz CT molecular complexity index is 726. The third kappa shape index (κ3) is 2.20. The zero-order chi connectivity index (χ0) is 13.4. The Labute approximate surface area is 116 Å². The van der Waals surface area contributed by atoms with Gasteiger partial charge in [0.1, 0.15) is 0 Å². The molecular formula is C15H16N4O. The van der Waals surface area contributed by atoms with E-state index in [0.717, 1.165) is 18.3 Å². The standard InChI is InChI=1S/C15H16N4O/c1-2-11(12-6-7-17-13(12)3-1)8-16-9-14-18-15(20-19-14)10-4-5-10/h1-3,6-7,10,16-17H,4-5,8-9H2. The number of aromatic amines is 1. The molecule has 0 atom stereocenters. The maximum atomic E-state index is 5.24. The number of hydrogen-bond donors (Lipinski definition) is 2. The van der Waals surface area contributed by atoms with Gasteiger partial charge in [0, 0.05) is 29.6 Å². The quantitative estimate of drug-likeness (QED) is 0.746. The van der Waals surface area contributed by atoms with Crippen LogP contribution in [0.15, 0.2) is 35.0 Å². The highest BCUT2D eigenvalue weighted by Crippen LogP contribution is 2.38.